The Balaban J connectivity index is 1.95. The van der Waals surface area contributed by atoms with E-state index in [1.807, 2.05) is 32.0 Å². The predicted molar refractivity (Wildman–Crippen MR) is 96.7 cm³/mol. The van der Waals surface area contributed by atoms with Crippen LogP contribution in [0.5, 0.6) is 11.5 Å². The lowest BCUT2D eigenvalue weighted by Gasteiger charge is -2.18. The number of carbonyl (C=O) groups is 1. The Bertz CT molecular complexity index is 965. The molecule has 7 heteroatoms. The van der Waals surface area contributed by atoms with Gasteiger partial charge < -0.3 is 19.3 Å². The maximum atomic E-state index is 12.9. The largest absolute Gasteiger partial charge is 0.497 e. The minimum absolute atomic E-state index is 0.232. The van der Waals surface area contributed by atoms with Gasteiger partial charge >= 0.3 is 0 Å². The Morgan fingerprint density at radius 1 is 1.19 bits per heavy atom. The molecule has 0 aliphatic heterocycles. The second-order valence-electron chi connectivity index (χ2n) is 6.06. The van der Waals surface area contributed by atoms with Crippen LogP contribution in [-0.2, 0) is 0 Å². The molecule has 0 spiro atoms. The molecule has 0 saturated heterocycles. The fourth-order valence-corrected chi connectivity index (χ4v) is 2.93. The average molecular weight is 355 g/mol. The summed E-state index contributed by atoms with van der Waals surface area (Å²) in [4.78, 5) is 17.2. The summed E-state index contributed by atoms with van der Waals surface area (Å²) in [6.07, 6.45) is 0. The molecule has 2 heterocycles. The zero-order valence-electron chi connectivity index (χ0n) is 15.4. The van der Waals surface area contributed by atoms with Crippen molar-refractivity contribution in [3.63, 3.8) is 0 Å². The number of benzene rings is 1. The maximum Gasteiger partial charge on any atom is 0.258 e. The third kappa shape index (κ3) is 3.20. The number of nitrogens with zero attached hydrogens (tertiary/aromatic N) is 2. The van der Waals surface area contributed by atoms with Crippen LogP contribution in [0.15, 0.2) is 28.8 Å². The van der Waals surface area contributed by atoms with Crippen molar-refractivity contribution in [2.45, 2.75) is 26.8 Å². The lowest BCUT2D eigenvalue weighted by Crippen LogP contribution is -2.27. The normalized spacial score (nSPS) is 12.0. The Morgan fingerprint density at radius 2 is 1.96 bits per heavy atom. The molecule has 0 saturated carbocycles. The number of pyridine rings is 1. The van der Waals surface area contributed by atoms with Crippen molar-refractivity contribution < 1.29 is 18.8 Å². The first-order valence-corrected chi connectivity index (χ1v) is 8.21. The van der Waals surface area contributed by atoms with E-state index >= 15 is 0 Å². The molecule has 2 aromatic heterocycles. The Morgan fingerprint density at radius 3 is 2.65 bits per heavy atom. The first kappa shape index (κ1) is 17.7. The van der Waals surface area contributed by atoms with Gasteiger partial charge in [0.05, 0.1) is 36.9 Å². The first-order chi connectivity index (χ1) is 12.4. The number of aryl methyl sites for hydroxylation is 2. The standard InChI is InChI=1S/C19H21N3O4/c1-10-8-15(17-12(3)22-26-19(17)20-10)18(23)21-11(2)14-9-13(24-4)6-7-16(14)25-5/h6-9,11H,1-5H3,(H,21,23). The highest BCUT2D eigenvalue weighted by atomic mass is 16.5. The quantitative estimate of drug-likeness (QED) is 0.755. The van der Waals surface area contributed by atoms with E-state index < -0.39 is 0 Å². The lowest BCUT2D eigenvalue weighted by molar-refractivity contribution is 0.0941. The summed E-state index contributed by atoms with van der Waals surface area (Å²) >= 11 is 0. The number of amides is 1. The van der Waals surface area contributed by atoms with Crippen LogP contribution in [0.1, 0.15) is 40.3 Å². The summed E-state index contributed by atoms with van der Waals surface area (Å²) < 4.78 is 15.9. The van der Waals surface area contributed by atoms with E-state index in [4.69, 9.17) is 14.0 Å². The van der Waals surface area contributed by atoms with Crippen molar-refractivity contribution >= 4 is 17.0 Å². The molecule has 0 radical (unpaired) electrons. The molecule has 136 valence electrons. The third-order valence-electron chi connectivity index (χ3n) is 4.24. The van der Waals surface area contributed by atoms with Crippen molar-refractivity contribution in [2.75, 3.05) is 14.2 Å². The molecular weight excluding hydrogens is 334 g/mol. The SMILES string of the molecule is COc1ccc(OC)c(C(C)NC(=O)c2cc(C)nc3onc(C)c23)c1. The van der Waals surface area contributed by atoms with Crippen LogP contribution < -0.4 is 14.8 Å². The van der Waals surface area contributed by atoms with Crippen LogP contribution in [0.25, 0.3) is 11.1 Å². The van der Waals surface area contributed by atoms with Gasteiger partial charge in [-0.05, 0) is 45.0 Å². The Hall–Kier alpha value is -3.09. The van der Waals surface area contributed by atoms with Gasteiger partial charge in [-0.25, -0.2) is 4.98 Å². The van der Waals surface area contributed by atoms with E-state index in [1.54, 1.807) is 27.2 Å². The minimum atomic E-state index is -0.295. The van der Waals surface area contributed by atoms with Crippen molar-refractivity contribution in [1.82, 2.24) is 15.5 Å². The number of aromatic nitrogens is 2. The van der Waals surface area contributed by atoms with E-state index in [2.05, 4.69) is 15.5 Å². The van der Waals surface area contributed by atoms with Crippen molar-refractivity contribution in [1.29, 1.82) is 0 Å². The van der Waals surface area contributed by atoms with E-state index in [-0.39, 0.29) is 11.9 Å². The molecule has 3 rings (SSSR count). The first-order valence-electron chi connectivity index (χ1n) is 8.21. The topological polar surface area (TPSA) is 86.5 Å². The van der Waals surface area contributed by atoms with Gasteiger partial charge in [-0.2, -0.15) is 0 Å². The fraction of sp³-hybridized carbons (Fsp3) is 0.316. The number of hydrogen-bond donors (Lipinski definition) is 1. The van der Waals surface area contributed by atoms with Gasteiger partial charge in [0, 0.05) is 11.3 Å². The van der Waals surface area contributed by atoms with E-state index in [0.29, 0.717) is 39.6 Å². The average Bonchev–Trinajstić information content (AvgIpc) is 3.00. The smallest absolute Gasteiger partial charge is 0.258 e. The van der Waals surface area contributed by atoms with Gasteiger partial charge in [0.2, 0.25) is 0 Å². The summed E-state index contributed by atoms with van der Waals surface area (Å²) in [5.74, 6) is 1.14. The molecule has 3 aromatic rings. The summed E-state index contributed by atoms with van der Waals surface area (Å²) in [6.45, 7) is 5.48. The number of nitrogens with one attached hydrogen (secondary N) is 1. The Labute approximate surface area is 151 Å². The molecule has 26 heavy (non-hydrogen) atoms. The van der Waals surface area contributed by atoms with E-state index in [9.17, 15) is 4.79 Å². The molecule has 7 nitrogen and oxygen atoms in total. The van der Waals surface area contributed by atoms with Crippen molar-refractivity contribution in [3.8, 4) is 11.5 Å². The molecule has 0 aliphatic rings. The van der Waals surface area contributed by atoms with Crippen LogP contribution in [0, 0.1) is 13.8 Å². The lowest BCUT2D eigenvalue weighted by atomic mass is 10.0. The second-order valence-corrected chi connectivity index (χ2v) is 6.06. The summed E-state index contributed by atoms with van der Waals surface area (Å²) in [6, 6.07) is 6.92. The number of fused-ring (bicyclic) bond motifs is 1. The molecule has 1 atom stereocenters. The number of rotatable bonds is 5. The van der Waals surface area contributed by atoms with Crippen molar-refractivity contribution in [2.24, 2.45) is 0 Å². The van der Waals surface area contributed by atoms with Gasteiger partial charge in [-0.15, -0.1) is 0 Å². The molecule has 0 aliphatic carbocycles. The molecule has 1 N–H and O–H groups in total. The summed E-state index contributed by atoms with van der Waals surface area (Å²) in [5.41, 5.74) is 2.98. The van der Waals surface area contributed by atoms with Crippen LogP contribution in [0.2, 0.25) is 0 Å². The molecular formula is C19H21N3O4. The molecule has 1 unspecified atom stereocenters. The molecule has 0 bridgehead atoms. The second kappa shape index (κ2) is 7.03. The van der Waals surface area contributed by atoms with Gasteiger partial charge in [-0.3, -0.25) is 4.79 Å². The number of carbonyl (C=O) groups excluding carboxylic acids is 1. The molecule has 1 amide bonds. The maximum absolute atomic E-state index is 12.9. The third-order valence-corrected chi connectivity index (χ3v) is 4.24. The fourth-order valence-electron chi connectivity index (χ4n) is 2.93. The van der Waals surface area contributed by atoms with Crippen LogP contribution >= 0.6 is 0 Å². The van der Waals surface area contributed by atoms with E-state index in [0.717, 1.165) is 5.56 Å². The number of hydrogen-bond acceptors (Lipinski definition) is 6. The molecule has 1 aromatic carbocycles. The van der Waals surface area contributed by atoms with Crippen molar-refractivity contribution in [3.05, 3.63) is 46.8 Å². The van der Waals surface area contributed by atoms with Gasteiger partial charge in [-0.1, -0.05) is 5.16 Å². The highest BCUT2D eigenvalue weighted by Crippen LogP contribution is 2.30. The highest BCUT2D eigenvalue weighted by molar-refractivity contribution is 6.06. The van der Waals surface area contributed by atoms with Crippen LogP contribution in [0.3, 0.4) is 0 Å². The zero-order valence-corrected chi connectivity index (χ0v) is 15.4. The number of ether oxygens (including phenoxy) is 2. The van der Waals surface area contributed by atoms with Gasteiger partial charge in [0.1, 0.15) is 11.5 Å². The van der Waals surface area contributed by atoms with E-state index in [1.165, 1.54) is 0 Å². The summed E-state index contributed by atoms with van der Waals surface area (Å²) in [5, 5.41) is 7.54. The molecule has 0 fully saturated rings. The zero-order chi connectivity index (χ0) is 18.8. The van der Waals surface area contributed by atoms with Crippen LogP contribution in [-0.4, -0.2) is 30.3 Å². The monoisotopic (exact) mass is 355 g/mol. The highest BCUT2D eigenvalue weighted by Gasteiger charge is 2.21. The number of methoxy groups -OCH3 is 2. The summed E-state index contributed by atoms with van der Waals surface area (Å²) in [7, 11) is 3.19. The minimum Gasteiger partial charge on any atom is -0.497 e. The predicted octanol–water partition coefficient (Wildman–Crippen LogP) is 3.35. The van der Waals surface area contributed by atoms with Gasteiger partial charge in [0.15, 0.2) is 0 Å². The van der Waals surface area contributed by atoms with Gasteiger partial charge in [0.25, 0.3) is 11.6 Å². The Kier molecular flexibility index (Phi) is 4.79. The van der Waals surface area contributed by atoms with Crippen LogP contribution in [0.4, 0.5) is 0 Å².